The van der Waals surface area contributed by atoms with E-state index in [9.17, 15) is 0 Å². The molecule has 1 aromatic rings. The van der Waals surface area contributed by atoms with Crippen LogP contribution >= 0.6 is 11.9 Å². The van der Waals surface area contributed by atoms with Crippen LogP contribution in [-0.2, 0) is 0 Å². The van der Waals surface area contributed by atoms with Gasteiger partial charge >= 0.3 is 0 Å². The summed E-state index contributed by atoms with van der Waals surface area (Å²) in [5.74, 6) is 0. The first-order valence-electron chi connectivity index (χ1n) is 5.57. The topological polar surface area (TPSA) is 24.1 Å². The van der Waals surface area contributed by atoms with Gasteiger partial charge in [0.25, 0.3) is 0 Å². The number of nitrogens with one attached hydrogen (secondary N) is 2. The molecule has 0 fully saturated rings. The maximum absolute atomic E-state index is 3.35. The van der Waals surface area contributed by atoms with Crippen LogP contribution in [0.15, 0.2) is 35.4 Å². The summed E-state index contributed by atoms with van der Waals surface area (Å²) in [5, 5.41) is 3.35. The second-order valence-corrected chi connectivity index (χ2v) is 4.81. The first-order chi connectivity index (χ1) is 7.95. The number of fused-ring (bicyclic) bond motifs is 1. The van der Waals surface area contributed by atoms with Gasteiger partial charge in [-0.15, -0.1) is 0 Å². The zero-order valence-corrected chi connectivity index (χ0v) is 9.81. The van der Waals surface area contributed by atoms with Crippen LogP contribution in [0.5, 0.6) is 0 Å². The highest BCUT2D eigenvalue weighted by Crippen LogP contribution is 2.34. The Labute approximate surface area is 100.0 Å². The fourth-order valence-corrected chi connectivity index (χ4v) is 2.95. The number of hydrogen-bond acceptors (Lipinski definition) is 3. The summed E-state index contributed by atoms with van der Waals surface area (Å²) in [4.78, 5) is 1.36. The summed E-state index contributed by atoms with van der Waals surface area (Å²) in [7, 11) is 0. The van der Waals surface area contributed by atoms with Gasteiger partial charge in [-0.1, -0.05) is 24.3 Å². The summed E-state index contributed by atoms with van der Waals surface area (Å²) >= 11 is 1.71. The Morgan fingerprint density at radius 1 is 1.25 bits per heavy atom. The van der Waals surface area contributed by atoms with Crippen LogP contribution in [0.4, 0.5) is 0 Å². The first kappa shape index (κ1) is 10.00. The van der Waals surface area contributed by atoms with Gasteiger partial charge in [0.05, 0.1) is 0 Å². The van der Waals surface area contributed by atoms with E-state index in [4.69, 9.17) is 0 Å². The molecule has 0 spiro atoms. The van der Waals surface area contributed by atoms with Crippen molar-refractivity contribution in [1.29, 1.82) is 0 Å². The van der Waals surface area contributed by atoms with Crippen molar-refractivity contribution in [2.45, 2.75) is 11.3 Å². The van der Waals surface area contributed by atoms with Crippen molar-refractivity contribution < 1.29 is 0 Å². The molecule has 0 saturated heterocycles. The van der Waals surface area contributed by atoms with E-state index in [2.05, 4.69) is 40.4 Å². The van der Waals surface area contributed by atoms with Crippen molar-refractivity contribution in [2.24, 2.45) is 0 Å². The van der Waals surface area contributed by atoms with Gasteiger partial charge in [-0.2, -0.15) is 0 Å². The zero-order chi connectivity index (χ0) is 10.8. The molecule has 0 radical (unpaired) electrons. The maximum atomic E-state index is 3.35. The Bertz CT molecular complexity index is 463. The highest BCUT2D eigenvalue weighted by Gasteiger charge is 2.14. The van der Waals surface area contributed by atoms with E-state index < -0.39 is 0 Å². The van der Waals surface area contributed by atoms with Crippen LogP contribution in [0.3, 0.4) is 0 Å². The standard InChI is InChI=1S/C13H14N2S/c1-2-11-6-9-15-16-13(11)12(3-1)10-4-7-14-8-5-10/h1-4,6,9,14-15H,5,7-8H2. The minimum Gasteiger partial charge on any atom is -0.332 e. The first-order valence-corrected chi connectivity index (χ1v) is 6.39. The lowest BCUT2D eigenvalue weighted by Gasteiger charge is -2.20. The van der Waals surface area contributed by atoms with Crippen LogP contribution in [0.25, 0.3) is 11.6 Å². The molecule has 2 aliphatic rings. The van der Waals surface area contributed by atoms with E-state index in [1.54, 1.807) is 11.9 Å². The summed E-state index contributed by atoms with van der Waals surface area (Å²) in [6.45, 7) is 2.08. The van der Waals surface area contributed by atoms with Gasteiger partial charge in [0.1, 0.15) is 0 Å². The molecule has 16 heavy (non-hydrogen) atoms. The minimum atomic E-state index is 0.993. The Kier molecular flexibility index (Phi) is 2.72. The number of rotatable bonds is 1. The van der Waals surface area contributed by atoms with Gasteiger partial charge in [0.15, 0.2) is 0 Å². The summed E-state index contributed by atoms with van der Waals surface area (Å²) in [6.07, 6.45) is 7.56. The van der Waals surface area contributed by atoms with Gasteiger partial charge in [-0.05, 0) is 47.7 Å². The van der Waals surface area contributed by atoms with Crippen LogP contribution in [0, 0.1) is 0 Å². The second kappa shape index (κ2) is 4.36. The second-order valence-electron chi connectivity index (χ2n) is 3.96. The Morgan fingerprint density at radius 3 is 3.12 bits per heavy atom. The quantitative estimate of drug-likeness (QED) is 0.725. The lowest BCUT2D eigenvalue weighted by atomic mass is 9.98. The molecule has 0 aromatic heterocycles. The van der Waals surface area contributed by atoms with E-state index in [0.29, 0.717) is 0 Å². The molecular weight excluding hydrogens is 216 g/mol. The van der Waals surface area contributed by atoms with E-state index in [0.717, 1.165) is 19.5 Å². The molecule has 1 aromatic carbocycles. The molecule has 0 bridgehead atoms. The predicted molar refractivity (Wildman–Crippen MR) is 69.9 cm³/mol. The van der Waals surface area contributed by atoms with Crippen LogP contribution < -0.4 is 10.0 Å². The van der Waals surface area contributed by atoms with Gasteiger partial charge in [0.2, 0.25) is 0 Å². The molecule has 3 rings (SSSR count). The summed E-state index contributed by atoms with van der Waals surface area (Å²) < 4.78 is 3.21. The summed E-state index contributed by atoms with van der Waals surface area (Å²) in [6, 6.07) is 6.54. The average molecular weight is 230 g/mol. The third-order valence-corrected chi connectivity index (χ3v) is 3.86. The van der Waals surface area contributed by atoms with Crippen molar-refractivity contribution in [1.82, 2.24) is 10.0 Å². The molecule has 2 aliphatic heterocycles. The fraction of sp³-hybridized carbons (Fsp3) is 0.231. The third kappa shape index (κ3) is 1.77. The molecule has 3 heteroatoms. The van der Waals surface area contributed by atoms with Gasteiger partial charge in [0, 0.05) is 17.6 Å². The molecule has 82 valence electrons. The smallest absolute Gasteiger partial charge is 0.0432 e. The minimum absolute atomic E-state index is 0.993. The Morgan fingerprint density at radius 2 is 2.25 bits per heavy atom. The molecule has 0 aliphatic carbocycles. The van der Waals surface area contributed by atoms with Crippen molar-refractivity contribution >= 4 is 23.6 Å². The Hall–Kier alpha value is -1.19. The molecule has 0 saturated carbocycles. The lowest BCUT2D eigenvalue weighted by molar-refractivity contribution is 0.737. The monoisotopic (exact) mass is 230 g/mol. The van der Waals surface area contributed by atoms with Gasteiger partial charge in [-0.3, -0.25) is 0 Å². The van der Waals surface area contributed by atoms with Crippen LogP contribution in [-0.4, -0.2) is 13.1 Å². The highest BCUT2D eigenvalue weighted by molar-refractivity contribution is 7.97. The van der Waals surface area contributed by atoms with Crippen LogP contribution in [0.2, 0.25) is 0 Å². The van der Waals surface area contributed by atoms with E-state index in [1.807, 2.05) is 6.20 Å². The molecule has 0 atom stereocenters. The zero-order valence-electron chi connectivity index (χ0n) is 8.99. The molecular formula is C13H14N2S. The molecule has 0 unspecified atom stereocenters. The van der Waals surface area contributed by atoms with E-state index >= 15 is 0 Å². The molecule has 2 heterocycles. The highest BCUT2D eigenvalue weighted by atomic mass is 32.2. The van der Waals surface area contributed by atoms with Crippen LogP contribution in [0.1, 0.15) is 17.5 Å². The van der Waals surface area contributed by atoms with Gasteiger partial charge in [-0.25, -0.2) is 0 Å². The third-order valence-electron chi connectivity index (χ3n) is 2.95. The van der Waals surface area contributed by atoms with E-state index in [-0.39, 0.29) is 0 Å². The van der Waals surface area contributed by atoms with Crippen molar-refractivity contribution in [2.75, 3.05) is 13.1 Å². The molecule has 2 N–H and O–H groups in total. The maximum Gasteiger partial charge on any atom is 0.0432 e. The van der Waals surface area contributed by atoms with E-state index in [1.165, 1.54) is 21.6 Å². The fourth-order valence-electron chi connectivity index (χ4n) is 2.14. The number of benzene rings is 1. The largest absolute Gasteiger partial charge is 0.332 e. The van der Waals surface area contributed by atoms with Crippen molar-refractivity contribution in [3.05, 3.63) is 41.6 Å². The SMILES string of the molecule is C1=Cc2cccc(C3=CCNCC3)c2SN1. The molecule has 2 nitrogen and oxygen atoms in total. The van der Waals surface area contributed by atoms with Gasteiger partial charge < -0.3 is 10.0 Å². The number of hydrogen-bond donors (Lipinski definition) is 2. The normalized spacial score (nSPS) is 18.6. The van der Waals surface area contributed by atoms with Crippen molar-refractivity contribution in [3.63, 3.8) is 0 Å². The van der Waals surface area contributed by atoms with Crippen molar-refractivity contribution in [3.8, 4) is 0 Å². The summed E-state index contributed by atoms with van der Waals surface area (Å²) in [5.41, 5.74) is 4.18. The average Bonchev–Trinajstić information content (AvgIpc) is 2.39. The molecule has 0 amide bonds. The Balaban J connectivity index is 2.07. The lowest BCUT2D eigenvalue weighted by Crippen LogP contribution is -2.20. The predicted octanol–water partition coefficient (Wildman–Crippen LogP) is 2.64.